The number of ketones is 4. The number of aliphatic hydroxyl groups is 1. The highest BCUT2D eigenvalue weighted by molar-refractivity contribution is 6.32. The van der Waals surface area contributed by atoms with Gasteiger partial charge in [0, 0.05) is 18.5 Å². The van der Waals surface area contributed by atoms with E-state index in [2.05, 4.69) is 5.32 Å². The van der Waals surface area contributed by atoms with Crippen LogP contribution in [0.15, 0.2) is 36.4 Å². The van der Waals surface area contributed by atoms with Gasteiger partial charge in [0.2, 0.25) is 11.8 Å². The lowest BCUT2D eigenvalue weighted by molar-refractivity contribution is -0.181. The molecule has 0 aromatic heterocycles. The molecule has 2 aromatic rings. The molecular weight excluding hydrogens is 518 g/mol. The van der Waals surface area contributed by atoms with Gasteiger partial charge in [-0.15, -0.1) is 0 Å². The number of hydrogen-bond acceptors (Lipinski definition) is 9. The van der Waals surface area contributed by atoms with Crippen LogP contribution in [-0.4, -0.2) is 75.8 Å². The number of nitrogens with two attached hydrogens (primary N) is 1. The number of benzene rings is 2. The molecule has 40 heavy (non-hydrogen) atoms. The molecule has 0 heterocycles. The first-order valence-electron chi connectivity index (χ1n) is 12.9. The number of amides is 2. The topological polar surface area (TPSA) is 184 Å². The fourth-order valence-corrected chi connectivity index (χ4v) is 6.84. The van der Waals surface area contributed by atoms with Crippen LogP contribution in [0.3, 0.4) is 0 Å². The quantitative estimate of drug-likeness (QED) is 0.396. The summed E-state index contributed by atoms with van der Waals surface area (Å²) in [7, 11) is 3.07. The maximum atomic E-state index is 13.9. The molecule has 3 aliphatic carbocycles. The van der Waals surface area contributed by atoms with Crippen LogP contribution >= 0.6 is 0 Å². The number of nitrogens with zero attached hydrogens (tertiary/aromatic N) is 1. The van der Waals surface area contributed by atoms with E-state index in [-0.39, 0.29) is 30.1 Å². The summed E-state index contributed by atoms with van der Waals surface area (Å²) in [4.78, 5) is 79.5. The van der Waals surface area contributed by atoms with E-state index in [9.17, 15) is 39.0 Å². The van der Waals surface area contributed by atoms with Crippen molar-refractivity contribution in [1.29, 1.82) is 0 Å². The Kier molecular flexibility index (Phi) is 6.47. The zero-order chi connectivity index (χ0) is 29.3. The molecule has 11 nitrogen and oxygen atoms in total. The van der Waals surface area contributed by atoms with Gasteiger partial charge in [-0.25, -0.2) is 0 Å². The van der Waals surface area contributed by atoms with E-state index in [4.69, 9.17) is 5.73 Å². The fraction of sp³-hybridized carbons (Fsp3) is 0.379. The number of rotatable bonds is 4. The molecule has 208 valence electrons. The number of phenolic OH excluding ortho intramolecular Hbond substituents is 1. The van der Waals surface area contributed by atoms with Crippen LogP contribution in [0.5, 0.6) is 5.75 Å². The van der Waals surface area contributed by atoms with E-state index in [1.165, 1.54) is 32.0 Å². The normalized spacial score (nSPS) is 29.5. The van der Waals surface area contributed by atoms with Crippen molar-refractivity contribution in [2.45, 2.75) is 31.4 Å². The molecule has 0 saturated heterocycles. The highest BCUT2D eigenvalue weighted by Gasteiger charge is 2.69. The van der Waals surface area contributed by atoms with Crippen molar-refractivity contribution in [1.82, 2.24) is 4.90 Å². The first kappa shape index (κ1) is 27.4. The van der Waals surface area contributed by atoms with Crippen LogP contribution in [0.25, 0.3) is 11.1 Å². The maximum absolute atomic E-state index is 13.9. The monoisotopic (exact) mass is 547 g/mol. The second-order valence-corrected chi connectivity index (χ2v) is 11.0. The molecule has 0 radical (unpaired) electrons. The molecule has 2 saturated carbocycles. The molecular formula is C29H29N3O8. The van der Waals surface area contributed by atoms with E-state index in [1.807, 2.05) is 0 Å². The summed E-state index contributed by atoms with van der Waals surface area (Å²) in [6.45, 7) is 1.38. The predicted molar refractivity (Wildman–Crippen MR) is 141 cm³/mol. The lowest BCUT2D eigenvalue weighted by Gasteiger charge is -2.52. The summed E-state index contributed by atoms with van der Waals surface area (Å²) in [5.74, 6) is -11.2. The lowest BCUT2D eigenvalue weighted by Crippen LogP contribution is -2.74. The molecule has 2 amide bonds. The number of Topliss-reactive ketones (excluding diaryl/α,β-unsaturated/α-hetero) is 4. The lowest BCUT2D eigenvalue weighted by atomic mass is 9.52. The summed E-state index contributed by atoms with van der Waals surface area (Å²) in [5.41, 5.74) is 4.76. The van der Waals surface area contributed by atoms with Crippen LogP contribution in [0.4, 0.5) is 5.69 Å². The number of carbonyl (C=O) groups is 6. The van der Waals surface area contributed by atoms with Gasteiger partial charge >= 0.3 is 0 Å². The third-order valence-corrected chi connectivity index (χ3v) is 8.44. The molecule has 6 atom stereocenters. The summed E-state index contributed by atoms with van der Waals surface area (Å²) < 4.78 is 0. The predicted octanol–water partition coefficient (Wildman–Crippen LogP) is 0.492. The summed E-state index contributed by atoms with van der Waals surface area (Å²) in [6, 6.07) is 8.75. The largest absolute Gasteiger partial charge is 0.507 e. The first-order chi connectivity index (χ1) is 18.8. The molecule has 0 aliphatic heterocycles. The third-order valence-electron chi connectivity index (χ3n) is 8.44. The van der Waals surface area contributed by atoms with Gasteiger partial charge in [0.05, 0.1) is 17.5 Å². The molecule has 11 heteroatoms. The van der Waals surface area contributed by atoms with Gasteiger partial charge in [-0.05, 0) is 67.7 Å². The Morgan fingerprint density at radius 2 is 1.77 bits per heavy atom. The SMILES string of the molecule is CC(=O)Nc1cccc(-c2ccc(O)c3c2C[C@H]2C[C@H]4[C@H](N(C)C)C(=O)C(C(N)=O)C(=O)[C@@]4(O)C(=O)C2C3=O)c1. The Balaban J connectivity index is 1.64. The molecule has 2 aromatic carbocycles. The zero-order valence-corrected chi connectivity index (χ0v) is 22.1. The van der Waals surface area contributed by atoms with Crippen molar-refractivity contribution >= 4 is 40.6 Å². The van der Waals surface area contributed by atoms with Crippen LogP contribution in [0.1, 0.15) is 29.3 Å². The number of hydrogen-bond donors (Lipinski definition) is 4. The van der Waals surface area contributed by atoms with Crippen LogP contribution in [0, 0.1) is 23.7 Å². The molecule has 0 bridgehead atoms. The minimum Gasteiger partial charge on any atom is -0.507 e. The molecule has 3 aliphatic rings. The zero-order valence-electron chi connectivity index (χ0n) is 22.1. The molecule has 2 unspecified atom stereocenters. The van der Waals surface area contributed by atoms with Crippen molar-refractivity contribution in [2.75, 3.05) is 19.4 Å². The van der Waals surface area contributed by atoms with E-state index < -0.39 is 64.4 Å². The van der Waals surface area contributed by atoms with Crippen molar-refractivity contribution in [3.63, 3.8) is 0 Å². The van der Waals surface area contributed by atoms with Gasteiger partial charge in [0.25, 0.3) is 0 Å². The van der Waals surface area contributed by atoms with E-state index in [0.717, 1.165) is 0 Å². The molecule has 5 N–H and O–H groups in total. The standard InChI is InChI=1S/C29H29N3O8/c1-12(33)31-15-6-4-5-13(9-15)16-7-8-19(34)21-17(16)10-14-11-18-23(32(2)3)25(36)22(28(30)39)27(38)29(18,40)26(37)20(14)24(21)35/h4-9,14,18,20,22-23,34,40H,10-11H2,1-3H3,(H2,30,39)(H,31,33)/t14-,18-,20?,22?,23-,29-/m0/s1. The highest BCUT2D eigenvalue weighted by atomic mass is 16.3. The van der Waals surface area contributed by atoms with Gasteiger partial charge in [0.15, 0.2) is 34.7 Å². The molecule has 2 fully saturated rings. The number of anilines is 1. The second kappa shape index (κ2) is 9.46. The number of fused-ring (bicyclic) bond motifs is 3. The minimum absolute atomic E-state index is 0.0368. The van der Waals surface area contributed by atoms with E-state index in [0.29, 0.717) is 22.4 Å². The second-order valence-electron chi connectivity index (χ2n) is 11.0. The smallest absolute Gasteiger partial charge is 0.235 e. The van der Waals surface area contributed by atoms with Crippen molar-refractivity contribution in [3.8, 4) is 16.9 Å². The Labute approximate surface area is 229 Å². The van der Waals surface area contributed by atoms with Gasteiger partial charge in [-0.1, -0.05) is 18.2 Å². The van der Waals surface area contributed by atoms with E-state index in [1.54, 1.807) is 30.3 Å². The maximum Gasteiger partial charge on any atom is 0.235 e. The van der Waals surface area contributed by atoms with E-state index >= 15 is 0 Å². The van der Waals surface area contributed by atoms with Crippen LogP contribution in [0.2, 0.25) is 0 Å². The van der Waals surface area contributed by atoms with Crippen molar-refractivity contribution < 1.29 is 39.0 Å². The Morgan fingerprint density at radius 1 is 1.07 bits per heavy atom. The van der Waals surface area contributed by atoms with Crippen molar-refractivity contribution in [2.24, 2.45) is 29.4 Å². The van der Waals surface area contributed by atoms with Gasteiger partial charge < -0.3 is 21.3 Å². The number of likely N-dealkylation sites (N-methyl/N-ethyl adjacent to an activating group) is 1. The number of carbonyl (C=O) groups excluding carboxylic acids is 6. The van der Waals surface area contributed by atoms with Gasteiger partial charge in [0.1, 0.15) is 5.75 Å². The number of primary amides is 1. The van der Waals surface area contributed by atoms with Gasteiger partial charge in [-0.2, -0.15) is 0 Å². The Bertz CT molecular complexity index is 1510. The fourth-order valence-electron chi connectivity index (χ4n) is 6.84. The van der Waals surface area contributed by atoms with Crippen LogP contribution < -0.4 is 11.1 Å². The average molecular weight is 548 g/mol. The minimum atomic E-state index is -2.77. The first-order valence-corrected chi connectivity index (χ1v) is 12.9. The van der Waals surface area contributed by atoms with Crippen molar-refractivity contribution in [3.05, 3.63) is 47.5 Å². The number of phenols is 1. The van der Waals surface area contributed by atoms with Gasteiger partial charge in [-0.3, -0.25) is 33.7 Å². The molecule has 0 spiro atoms. The Morgan fingerprint density at radius 3 is 2.40 bits per heavy atom. The summed E-state index contributed by atoms with van der Waals surface area (Å²) in [6.07, 6.45) is 0.102. The molecule has 5 rings (SSSR count). The number of nitrogens with one attached hydrogen (secondary N) is 1. The average Bonchev–Trinajstić information content (AvgIpc) is 2.85. The number of aromatic hydroxyl groups is 1. The third kappa shape index (κ3) is 3.88. The van der Waals surface area contributed by atoms with Crippen LogP contribution in [-0.2, 0) is 30.4 Å². The highest BCUT2D eigenvalue weighted by Crippen LogP contribution is 2.51. The Hall–Kier alpha value is -4.22. The summed E-state index contributed by atoms with van der Waals surface area (Å²) in [5, 5.41) is 25.1. The summed E-state index contributed by atoms with van der Waals surface area (Å²) >= 11 is 0.